The van der Waals surface area contributed by atoms with Crippen molar-refractivity contribution in [2.45, 2.75) is 38.4 Å². The molecule has 0 bridgehead atoms. The summed E-state index contributed by atoms with van der Waals surface area (Å²) >= 11 is 1.21. The van der Waals surface area contributed by atoms with Crippen LogP contribution in [-0.4, -0.2) is 27.0 Å². The lowest BCUT2D eigenvalue weighted by atomic mass is 10.1. The minimum absolute atomic E-state index is 0.107. The number of hydrogen-bond acceptors (Lipinski definition) is 5. The van der Waals surface area contributed by atoms with E-state index < -0.39 is 0 Å². The van der Waals surface area contributed by atoms with Gasteiger partial charge in [0.05, 0.1) is 6.54 Å². The van der Waals surface area contributed by atoms with Crippen LogP contribution >= 0.6 is 11.3 Å². The largest absolute Gasteiger partial charge is 0.320 e. The molecule has 1 aliphatic carbocycles. The Balaban J connectivity index is 1.46. The van der Waals surface area contributed by atoms with Gasteiger partial charge in [0.1, 0.15) is 16.6 Å². The Morgan fingerprint density at radius 1 is 1.17 bits per heavy atom. The summed E-state index contributed by atoms with van der Waals surface area (Å²) in [6, 6.07) is 12.6. The molecular formula is C21H20F2N4OS. The van der Waals surface area contributed by atoms with Crippen molar-refractivity contribution in [2.75, 3.05) is 5.32 Å². The van der Waals surface area contributed by atoms with Crippen LogP contribution in [0.15, 0.2) is 48.5 Å². The maximum atomic E-state index is 14.2. The third kappa shape index (κ3) is 4.65. The summed E-state index contributed by atoms with van der Waals surface area (Å²) in [4.78, 5) is 14.6. The quantitative estimate of drug-likeness (QED) is 0.604. The van der Waals surface area contributed by atoms with E-state index in [0.29, 0.717) is 28.8 Å². The second-order valence-electron chi connectivity index (χ2n) is 7.06. The fourth-order valence-corrected chi connectivity index (χ4v) is 4.01. The third-order valence-corrected chi connectivity index (χ3v) is 5.86. The highest BCUT2D eigenvalue weighted by Crippen LogP contribution is 2.36. The Bertz CT molecular complexity index is 1000. The molecule has 1 fully saturated rings. The maximum Gasteiger partial charge on any atom is 0.286 e. The van der Waals surface area contributed by atoms with E-state index in [9.17, 15) is 13.6 Å². The molecule has 0 spiro atoms. The van der Waals surface area contributed by atoms with Crippen molar-refractivity contribution in [3.63, 3.8) is 0 Å². The molecule has 1 unspecified atom stereocenters. The second kappa shape index (κ2) is 8.34. The van der Waals surface area contributed by atoms with Crippen LogP contribution in [0.4, 0.5) is 14.5 Å². The van der Waals surface area contributed by atoms with Gasteiger partial charge in [-0.25, -0.2) is 8.78 Å². The number of anilines is 1. The van der Waals surface area contributed by atoms with Crippen molar-refractivity contribution < 1.29 is 13.6 Å². The average molecular weight is 414 g/mol. The molecule has 5 nitrogen and oxygen atoms in total. The molecule has 1 aromatic heterocycles. The Morgan fingerprint density at radius 2 is 1.90 bits per heavy atom. The van der Waals surface area contributed by atoms with Gasteiger partial charge in [0.2, 0.25) is 5.01 Å². The molecule has 1 amide bonds. The van der Waals surface area contributed by atoms with Gasteiger partial charge in [-0.3, -0.25) is 9.69 Å². The van der Waals surface area contributed by atoms with Crippen LogP contribution in [0.1, 0.15) is 46.2 Å². The van der Waals surface area contributed by atoms with E-state index in [1.165, 1.54) is 41.7 Å². The highest BCUT2D eigenvalue weighted by molar-refractivity contribution is 7.13. The molecule has 0 saturated heterocycles. The summed E-state index contributed by atoms with van der Waals surface area (Å²) in [6.45, 7) is 2.49. The van der Waals surface area contributed by atoms with Crippen LogP contribution in [0, 0.1) is 11.6 Å². The number of rotatable bonds is 7. The van der Waals surface area contributed by atoms with Crippen LogP contribution < -0.4 is 5.32 Å². The van der Waals surface area contributed by atoms with E-state index in [1.807, 2.05) is 13.0 Å². The number of aromatic nitrogens is 2. The maximum absolute atomic E-state index is 14.2. The molecule has 1 saturated carbocycles. The highest BCUT2D eigenvalue weighted by Gasteiger charge is 2.34. The van der Waals surface area contributed by atoms with Crippen LogP contribution in [-0.2, 0) is 6.54 Å². The van der Waals surface area contributed by atoms with Crippen LogP contribution in [0.2, 0.25) is 0 Å². The van der Waals surface area contributed by atoms with E-state index in [1.54, 1.807) is 12.1 Å². The van der Waals surface area contributed by atoms with Crippen LogP contribution in [0.5, 0.6) is 0 Å². The Kier molecular flexibility index (Phi) is 5.64. The van der Waals surface area contributed by atoms with Gasteiger partial charge in [-0.2, -0.15) is 0 Å². The normalized spacial score (nSPS) is 14.8. The fourth-order valence-electron chi connectivity index (χ4n) is 3.26. The van der Waals surface area contributed by atoms with E-state index in [2.05, 4.69) is 20.4 Å². The van der Waals surface area contributed by atoms with Crippen molar-refractivity contribution >= 4 is 22.9 Å². The van der Waals surface area contributed by atoms with Crippen molar-refractivity contribution in [3.8, 4) is 0 Å². The Labute approximate surface area is 171 Å². The fraction of sp³-hybridized carbons (Fsp3) is 0.286. The van der Waals surface area contributed by atoms with E-state index in [0.717, 1.165) is 12.8 Å². The molecule has 1 aliphatic rings. The molecule has 0 radical (unpaired) electrons. The molecule has 150 valence electrons. The summed E-state index contributed by atoms with van der Waals surface area (Å²) in [5.74, 6) is -0.979. The zero-order chi connectivity index (χ0) is 20.4. The summed E-state index contributed by atoms with van der Waals surface area (Å²) in [5.41, 5.74) is 1.14. The zero-order valence-corrected chi connectivity index (χ0v) is 16.6. The van der Waals surface area contributed by atoms with E-state index >= 15 is 0 Å². The van der Waals surface area contributed by atoms with Gasteiger partial charge in [0, 0.05) is 23.3 Å². The van der Waals surface area contributed by atoms with Crippen LogP contribution in [0.25, 0.3) is 0 Å². The molecular weight excluding hydrogens is 394 g/mol. The first-order chi connectivity index (χ1) is 14.0. The van der Waals surface area contributed by atoms with Crippen molar-refractivity contribution in [1.82, 2.24) is 15.1 Å². The van der Waals surface area contributed by atoms with Gasteiger partial charge in [-0.15, -0.1) is 10.2 Å². The SMILES string of the molecule is CC(c1ccccc1F)N(Cc1nnc(C(=O)Nc2ccc(F)cc2)s1)C1CC1. The summed E-state index contributed by atoms with van der Waals surface area (Å²) in [6.07, 6.45) is 2.13. The van der Waals surface area contributed by atoms with Crippen LogP contribution in [0.3, 0.4) is 0 Å². The molecule has 1 heterocycles. The number of nitrogens with zero attached hydrogens (tertiary/aromatic N) is 3. The van der Waals surface area contributed by atoms with Crippen molar-refractivity contribution in [1.29, 1.82) is 0 Å². The summed E-state index contributed by atoms with van der Waals surface area (Å²) < 4.78 is 27.2. The predicted octanol–water partition coefficient (Wildman–Crippen LogP) is 4.79. The lowest BCUT2D eigenvalue weighted by molar-refractivity contribution is 0.102. The number of nitrogens with one attached hydrogen (secondary N) is 1. The minimum atomic E-state index is -0.388. The third-order valence-electron chi connectivity index (χ3n) is 4.95. The standard InChI is InChI=1S/C21H20F2N4OS/c1-13(17-4-2-3-5-18(17)23)27(16-10-11-16)12-19-25-26-21(29-19)20(28)24-15-8-6-14(22)7-9-15/h2-9,13,16H,10-12H2,1H3,(H,24,28). The first kappa shape index (κ1) is 19.6. The molecule has 0 aliphatic heterocycles. The molecule has 4 rings (SSSR count). The number of hydrogen-bond donors (Lipinski definition) is 1. The lowest BCUT2D eigenvalue weighted by Crippen LogP contribution is -2.29. The Hall–Kier alpha value is -2.71. The number of benzene rings is 2. The lowest BCUT2D eigenvalue weighted by Gasteiger charge is -2.28. The first-order valence-electron chi connectivity index (χ1n) is 9.40. The molecule has 1 atom stereocenters. The summed E-state index contributed by atoms with van der Waals surface area (Å²) in [5, 5.41) is 11.8. The topological polar surface area (TPSA) is 58.1 Å². The molecule has 29 heavy (non-hydrogen) atoms. The molecule has 3 aromatic rings. The highest BCUT2D eigenvalue weighted by atomic mass is 32.1. The molecule has 8 heteroatoms. The van der Waals surface area contributed by atoms with E-state index in [-0.39, 0.29) is 28.6 Å². The molecule has 1 N–H and O–H groups in total. The van der Waals surface area contributed by atoms with Gasteiger partial charge in [0.25, 0.3) is 5.91 Å². The molecule has 2 aromatic carbocycles. The van der Waals surface area contributed by atoms with Gasteiger partial charge in [0.15, 0.2) is 0 Å². The van der Waals surface area contributed by atoms with Crippen molar-refractivity contribution in [2.24, 2.45) is 0 Å². The van der Waals surface area contributed by atoms with Gasteiger partial charge < -0.3 is 5.32 Å². The number of amides is 1. The number of carbonyl (C=O) groups excluding carboxylic acids is 1. The average Bonchev–Trinajstić information content (AvgIpc) is 3.45. The zero-order valence-electron chi connectivity index (χ0n) is 15.8. The number of carbonyl (C=O) groups is 1. The van der Waals surface area contributed by atoms with E-state index in [4.69, 9.17) is 0 Å². The predicted molar refractivity (Wildman–Crippen MR) is 108 cm³/mol. The van der Waals surface area contributed by atoms with Gasteiger partial charge >= 0.3 is 0 Å². The summed E-state index contributed by atoms with van der Waals surface area (Å²) in [7, 11) is 0. The first-order valence-corrected chi connectivity index (χ1v) is 10.2. The van der Waals surface area contributed by atoms with Crippen molar-refractivity contribution in [3.05, 3.63) is 75.7 Å². The van der Waals surface area contributed by atoms with Gasteiger partial charge in [-0.1, -0.05) is 29.5 Å². The smallest absolute Gasteiger partial charge is 0.286 e. The number of halogens is 2. The monoisotopic (exact) mass is 414 g/mol. The Morgan fingerprint density at radius 3 is 2.59 bits per heavy atom. The second-order valence-corrected chi connectivity index (χ2v) is 8.13. The van der Waals surface area contributed by atoms with Gasteiger partial charge in [-0.05, 0) is 50.1 Å². The minimum Gasteiger partial charge on any atom is -0.320 e.